The first kappa shape index (κ1) is 25.0. The van der Waals surface area contributed by atoms with Gasteiger partial charge in [0.1, 0.15) is 10.6 Å². The summed E-state index contributed by atoms with van der Waals surface area (Å²) in [4.78, 5) is 17.1. The number of carbonyl (C=O) groups is 1. The molecule has 1 aliphatic rings. The van der Waals surface area contributed by atoms with Crippen molar-refractivity contribution >= 4 is 21.7 Å². The van der Waals surface area contributed by atoms with Gasteiger partial charge in [-0.3, -0.25) is 4.79 Å². The highest BCUT2D eigenvalue weighted by Crippen LogP contribution is 2.29. The third-order valence-electron chi connectivity index (χ3n) is 5.36. The molecule has 8 nitrogen and oxygen atoms in total. The third-order valence-corrected chi connectivity index (χ3v) is 7.14. The van der Waals surface area contributed by atoms with Gasteiger partial charge in [-0.25, -0.2) is 18.1 Å². The zero-order valence-electron chi connectivity index (χ0n) is 19.7. The van der Waals surface area contributed by atoms with Crippen molar-refractivity contribution in [2.45, 2.75) is 63.3 Å². The van der Waals surface area contributed by atoms with E-state index in [1.54, 1.807) is 39.1 Å². The van der Waals surface area contributed by atoms with E-state index in [2.05, 4.69) is 15.0 Å². The fraction of sp³-hybridized carbons (Fsp3) is 0.500. The largest absolute Gasteiger partial charge is 0.495 e. The van der Waals surface area contributed by atoms with Gasteiger partial charge in [-0.1, -0.05) is 19.3 Å². The van der Waals surface area contributed by atoms with Gasteiger partial charge in [0.2, 0.25) is 10.0 Å². The van der Waals surface area contributed by atoms with Crippen molar-refractivity contribution in [2.24, 2.45) is 5.92 Å². The Kier molecular flexibility index (Phi) is 7.97. The molecule has 1 heterocycles. The minimum atomic E-state index is -3.91. The molecule has 33 heavy (non-hydrogen) atoms. The molecule has 1 aromatic carbocycles. The van der Waals surface area contributed by atoms with E-state index in [1.165, 1.54) is 44.6 Å². The minimum absolute atomic E-state index is 0.109. The van der Waals surface area contributed by atoms with Crippen molar-refractivity contribution in [3.63, 3.8) is 0 Å². The van der Waals surface area contributed by atoms with E-state index in [4.69, 9.17) is 9.47 Å². The van der Waals surface area contributed by atoms with Crippen molar-refractivity contribution in [3.8, 4) is 11.5 Å². The van der Waals surface area contributed by atoms with Gasteiger partial charge in [-0.2, -0.15) is 0 Å². The number of benzene rings is 1. The number of ether oxygens (including phenoxy) is 2. The van der Waals surface area contributed by atoms with Crippen LogP contribution in [-0.2, 0) is 10.0 Å². The lowest BCUT2D eigenvalue weighted by atomic mass is 9.90. The van der Waals surface area contributed by atoms with Crippen LogP contribution >= 0.6 is 0 Å². The topological polar surface area (TPSA) is 107 Å². The second kappa shape index (κ2) is 10.5. The summed E-state index contributed by atoms with van der Waals surface area (Å²) < 4.78 is 39.6. The normalized spacial score (nSPS) is 15.2. The monoisotopic (exact) mass is 475 g/mol. The maximum Gasteiger partial charge on any atom is 0.256 e. The van der Waals surface area contributed by atoms with E-state index >= 15 is 0 Å². The smallest absolute Gasteiger partial charge is 0.256 e. The number of anilines is 1. The van der Waals surface area contributed by atoms with Crippen LogP contribution in [-0.4, -0.2) is 38.6 Å². The molecular weight excluding hydrogens is 442 g/mol. The quantitative estimate of drug-likeness (QED) is 0.587. The molecule has 2 aromatic rings. The fourth-order valence-electron chi connectivity index (χ4n) is 3.83. The Morgan fingerprint density at radius 3 is 2.52 bits per heavy atom. The molecule has 0 spiro atoms. The van der Waals surface area contributed by atoms with Crippen LogP contribution < -0.4 is 19.5 Å². The molecule has 1 saturated carbocycles. The van der Waals surface area contributed by atoms with Crippen LogP contribution in [0.25, 0.3) is 0 Å². The summed E-state index contributed by atoms with van der Waals surface area (Å²) in [5.74, 6) is 0.953. The van der Waals surface area contributed by atoms with E-state index in [1.807, 2.05) is 0 Å². The van der Waals surface area contributed by atoms with Crippen LogP contribution in [0, 0.1) is 5.92 Å². The lowest BCUT2D eigenvalue weighted by Crippen LogP contribution is -2.40. The number of nitrogens with zero attached hydrogens (tertiary/aromatic N) is 1. The fourth-order valence-corrected chi connectivity index (χ4v) is 5.44. The molecule has 1 amide bonds. The summed E-state index contributed by atoms with van der Waals surface area (Å²) in [6.07, 6.45) is 7.58. The molecule has 9 heteroatoms. The first-order valence-electron chi connectivity index (χ1n) is 11.2. The molecule has 2 N–H and O–H groups in total. The lowest BCUT2D eigenvalue weighted by molar-refractivity contribution is 0.102. The molecule has 0 atom stereocenters. The number of sulfonamides is 1. The third kappa shape index (κ3) is 6.91. The van der Waals surface area contributed by atoms with Gasteiger partial charge in [0.25, 0.3) is 5.91 Å². The Hall–Kier alpha value is -2.65. The Morgan fingerprint density at radius 2 is 1.85 bits per heavy atom. The standard InChI is InChI=1S/C24H33N3O5S/c1-24(2,3)27-33(29,30)21-15-18(12-13-19(21)31-4)23(28)26-22-20(11-8-14-25-22)32-16-17-9-6-5-7-10-17/h8,11-15,17,27H,5-7,9-10,16H2,1-4H3,(H,25,26,28). The lowest BCUT2D eigenvalue weighted by Gasteiger charge is -2.22. The van der Waals surface area contributed by atoms with Gasteiger partial charge in [0.15, 0.2) is 11.6 Å². The van der Waals surface area contributed by atoms with Crippen LogP contribution in [0.2, 0.25) is 0 Å². The first-order chi connectivity index (χ1) is 15.6. The van der Waals surface area contributed by atoms with Gasteiger partial charge < -0.3 is 14.8 Å². The number of pyridine rings is 1. The number of amides is 1. The highest BCUT2D eigenvalue weighted by molar-refractivity contribution is 7.89. The van der Waals surface area contributed by atoms with Crippen LogP contribution in [0.5, 0.6) is 11.5 Å². The molecule has 0 aliphatic heterocycles. The molecule has 0 unspecified atom stereocenters. The molecular formula is C24H33N3O5S. The van der Waals surface area contributed by atoms with Crippen molar-refractivity contribution in [3.05, 3.63) is 42.1 Å². The van der Waals surface area contributed by atoms with E-state index in [0.29, 0.717) is 24.1 Å². The van der Waals surface area contributed by atoms with Gasteiger partial charge in [0, 0.05) is 17.3 Å². The van der Waals surface area contributed by atoms with Crippen LogP contribution in [0.1, 0.15) is 63.2 Å². The van der Waals surface area contributed by atoms with E-state index < -0.39 is 21.5 Å². The van der Waals surface area contributed by atoms with Crippen LogP contribution in [0.3, 0.4) is 0 Å². The Balaban J connectivity index is 1.79. The van der Waals surface area contributed by atoms with Gasteiger partial charge in [-0.05, 0) is 69.9 Å². The Bertz CT molecular complexity index is 1070. The van der Waals surface area contributed by atoms with Crippen LogP contribution in [0.15, 0.2) is 41.4 Å². The number of rotatable bonds is 8. The Morgan fingerprint density at radius 1 is 1.12 bits per heavy atom. The van der Waals surface area contributed by atoms with E-state index in [9.17, 15) is 13.2 Å². The van der Waals surface area contributed by atoms with Crippen molar-refractivity contribution in [2.75, 3.05) is 19.0 Å². The molecule has 0 radical (unpaired) electrons. The van der Waals surface area contributed by atoms with Gasteiger partial charge in [-0.15, -0.1) is 0 Å². The van der Waals surface area contributed by atoms with Gasteiger partial charge in [0.05, 0.1) is 13.7 Å². The second-order valence-corrected chi connectivity index (χ2v) is 11.0. The van der Waals surface area contributed by atoms with Crippen molar-refractivity contribution < 1.29 is 22.7 Å². The summed E-state index contributed by atoms with van der Waals surface area (Å²) in [7, 11) is -2.53. The molecule has 1 aromatic heterocycles. The first-order valence-corrected chi connectivity index (χ1v) is 12.7. The highest BCUT2D eigenvalue weighted by Gasteiger charge is 2.26. The van der Waals surface area contributed by atoms with Gasteiger partial charge >= 0.3 is 0 Å². The van der Waals surface area contributed by atoms with Crippen molar-refractivity contribution in [1.29, 1.82) is 0 Å². The molecule has 0 bridgehead atoms. The summed E-state index contributed by atoms with van der Waals surface area (Å²) in [6.45, 7) is 5.80. The number of methoxy groups -OCH3 is 1. The predicted octanol–water partition coefficient (Wildman–Crippen LogP) is 4.38. The summed E-state index contributed by atoms with van der Waals surface area (Å²) >= 11 is 0. The molecule has 1 aliphatic carbocycles. The highest BCUT2D eigenvalue weighted by atomic mass is 32.2. The zero-order chi connectivity index (χ0) is 24.1. The zero-order valence-corrected chi connectivity index (χ0v) is 20.5. The number of nitrogens with one attached hydrogen (secondary N) is 2. The SMILES string of the molecule is COc1ccc(C(=O)Nc2ncccc2OCC2CCCCC2)cc1S(=O)(=O)NC(C)(C)C. The summed E-state index contributed by atoms with van der Waals surface area (Å²) in [5.41, 5.74) is -0.533. The molecule has 3 rings (SSSR count). The number of aromatic nitrogens is 1. The number of hydrogen-bond acceptors (Lipinski definition) is 6. The maximum atomic E-state index is 13.0. The molecule has 180 valence electrons. The van der Waals surface area contributed by atoms with E-state index in [0.717, 1.165) is 12.8 Å². The predicted molar refractivity (Wildman–Crippen MR) is 127 cm³/mol. The van der Waals surface area contributed by atoms with E-state index in [-0.39, 0.29) is 16.2 Å². The number of carbonyl (C=O) groups excluding carboxylic acids is 1. The number of hydrogen-bond donors (Lipinski definition) is 2. The average Bonchev–Trinajstić information content (AvgIpc) is 2.77. The summed E-state index contributed by atoms with van der Waals surface area (Å²) in [5, 5.41) is 2.75. The van der Waals surface area contributed by atoms with Crippen molar-refractivity contribution in [1.82, 2.24) is 9.71 Å². The molecule has 0 saturated heterocycles. The minimum Gasteiger partial charge on any atom is -0.495 e. The average molecular weight is 476 g/mol. The Labute approximate surface area is 196 Å². The second-order valence-electron chi connectivity index (χ2n) is 9.34. The summed E-state index contributed by atoms with van der Waals surface area (Å²) in [6, 6.07) is 7.79. The molecule has 1 fully saturated rings. The van der Waals surface area contributed by atoms with Crippen LogP contribution in [0.4, 0.5) is 5.82 Å². The maximum absolute atomic E-state index is 13.0.